The van der Waals surface area contributed by atoms with Crippen LogP contribution in [-0.4, -0.2) is 30.1 Å². The highest BCUT2D eigenvalue weighted by Crippen LogP contribution is 2.35. The number of allylic oxidation sites excluding steroid dienone is 1. The number of carbonyl (C=O) groups excluding carboxylic acids is 1. The van der Waals surface area contributed by atoms with Gasteiger partial charge in [-0.1, -0.05) is 25.1 Å². The summed E-state index contributed by atoms with van der Waals surface area (Å²) in [6.45, 7) is 4.59. The predicted octanol–water partition coefficient (Wildman–Crippen LogP) is 4.16. The van der Waals surface area contributed by atoms with Crippen molar-refractivity contribution in [1.82, 2.24) is 4.90 Å². The molecule has 1 aliphatic heterocycles. The van der Waals surface area contributed by atoms with E-state index in [1.54, 1.807) is 5.70 Å². The second-order valence-corrected chi connectivity index (χ2v) is 6.28. The lowest BCUT2D eigenvalue weighted by Crippen LogP contribution is -2.34. The number of hydrogen-bond donors (Lipinski definition) is 0. The fourth-order valence-corrected chi connectivity index (χ4v) is 3.63. The van der Waals surface area contributed by atoms with Gasteiger partial charge in [0, 0.05) is 25.2 Å². The van der Waals surface area contributed by atoms with E-state index in [0.29, 0.717) is 5.56 Å². The van der Waals surface area contributed by atoms with Crippen LogP contribution in [0.25, 0.3) is 0 Å². The molecule has 0 N–H and O–H groups in total. The number of rotatable bonds is 4. The zero-order chi connectivity index (χ0) is 15.4. The first-order valence-electron chi connectivity index (χ1n) is 8.49. The lowest BCUT2D eigenvalue weighted by Gasteiger charge is -2.38. The molecule has 2 aliphatic rings. The lowest BCUT2D eigenvalue weighted by molar-refractivity contribution is 0.0253. The Bertz CT molecular complexity index is 550. The molecule has 1 atom stereocenters. The molecule has 1 aromatic rings. The lowest BCUT2D eigenvalue weighted by atomic mass is 9.87. The molecule has 1 aromatic carbocycles. The van der Waals surface area contributed by atoms with Gasteiger partial charge in [0.05, 0.1) is 5.56 Å². The topological polar surface area (TPSA) is 29.5 Å². The average Bonchev–Trinajstić information content (AvgIpc) is 2.56. The van der Waals surface area contributed by atoms with Gasteiger partial charge in [0.1, 0.15) is 6.10 Å². The summed E-state index contributed by atoms with van der Waals surface area (Å²) >= 11 is 0. The first-order valence-corrected chi connectivity index (χ1v) is 8.49. The van der Waals surface area contributed by atoms with Crippen molar-refractivity contribution in [1.29, 1.82) is 0 Å². The second-order valence-electron chi connectivity index (χ2n) is 6.28. The molecule has 0 aromatic heterocycles. The normalized spacial score (nSPS) is 21.5. The van der Waals surface area contributed by atoms with Crippen molar-refractivity contribution < 1.29 is 9.53 Å². The molecule has 0 saturated heterocycles. The van der Waals surface area contributed by atoms with E-state index in [-0.39, 0.29) is 12.1 Å². The average molecular weight is 299 g/mol. The van der Waals surface area contributed by atoms with Crippen LogP contribution < -0.4 is 0 Å². The van der Waals surface area contributed by atoms with Gasteiger partial charge in [-0.25, -0.2) is 4.79 Å². The zero-order valence-electron chi connectivity index (χ0n) is 13.4. The molecule has 1 heterocycles. The van der Waals surface area contributed by atoms with Crippen molar-refractivity contribution in [3.05, 3.63) is 47.2 Å². The minimum atomic E-state index is -0.184. The van der Waals surface area contributed by atoms with Gasteiger partial charge < -0.3 is 9.64 Å². The van der Waals surface area contributed by atoms with Crippen molar-refractivity contribution in [3.63, 3.8) is 0 Å². The molecule has 118 valence electrons. The molecular formula is C19H25NO2. The van der Waals surface area contributed by atoms with Gasteiger partial charge in [-0.3, -0.25) is 0 Å². The quantitative estimate of drug-likeness (QED) is 0.782. The highest BCUT2D eigenvalue weighted by atomic mass is 16.5. The SMILES string of the molecule is CCCN1CCCC2=C1CCC(OC(=O)c1ccccc1)C2. The highest BCUT2D eigenvalue weighted by molar-refractivity contribution is 5.89. The summed E-state index contributed by atoms with van der Waals surface area (Å²) in [4.78, 5) is 14.7. The monoisotopic (exact) mass is 299 g/mol. The third kappa shape index (κ3) is 3.34. The van der Waals surface area contributed by atoms with Crippen molar-refractivity contribution in [2.75, 3.05) is 13.1 Å². The third-order valence-corrected chi connectivity index (χ3v) is 4.65. The van der Waals surface area contributed by atoms with E-state index >= 15 is 0 Å². The van der Waals surface area contributed by atoms with Crippen molar-refractivity contribution in [3.8, 4) is 0 Å². The van der Waals surface area contributed by atoms with Crippen molar-refractivity contribution >= 4 is 5.97 Å². The Labute approximate surface area is 133 Å². The van der Waals surface area contributed by atoms with Crippen molar-refractivity contribution in [2.45, 2.75) is 51.6 Å². The summed E-state index contributed by atoms with van der Waals surface area (Å²) in [5.41, 5.74) is 3.72. The minimum Gasteiger partial charge on any atom is -0.458 e. The summed E-state index contributed by atoms with van der Waals surface area (Å²) < 4.78 is 5.73. The van der Waals surface area contributed by atoms with E-state index in [1.807, 2.05) is 30.3 Å². The van der Waals surface area contributed by atoms with Crippen LogP contribution in [0, 0.1) is 0 Å². The Morgan fingerprint density at radius 1 is 1.27 bits per heavy atom. The standard InChI is InChI=1S/C19H25NO2/c1-2-12-20-13-6-9-16-14-17(10-11-18(16)20)22-19(21)15-7-4-3-5-8-15/h3-5,7-8,17H,2,6,9-14H2,1H3. The van der Waals surface area contributed by atoms with Crippen molar-refractivity contribution in [2.24, 2.45) is 0 Å². The largest absolute Gasteiger partial charge is 0.458 e. The fourth-order valence-electron chi connectivity index (χ4n) is 3.63. The van der Waals surface area contributed by atoms with E-state index in [2.05, 4.69) is 11.8 Å². The van der Waals surface area contributed by atoms with Crippen LogP contribution in [0.15, 0.2) is 41.6 Å². The Hall–Kier alpha value is -1.77. The summed E-state index contributed by atoms with van der Waals surface area (Å²) in [6.07, 6.45) is 6.59. The smallest absolute Gasteiger partial charge is 0.338 e. The molecule has 0 saturated carbocycles. The molecule has 0 radical (unpaired) electrons. The van der Waals surface area contributed by atoms with Crippen LogP contribution in [-0.2, 0) is 4.74 Å². The van der Waals surface area contributed by atoms with E-state index in [0.717, 1.165) is 25.8 Å². The molecule has 22 heavy (non-hydrogen) atoms. The van der Waals surface area contributed by atoms with Gasteiger partial charge in [-0.15, -0.1) is 0 Å². The van der Waals surface area contributed by atoms with E-state index < -0.39 is 0 Å². The van der Waals surface area contributed by atoms with Crippen LogP contribution in [0.3, 0.4) is 0 Å². The molecule has 0 amide bonds. The first-order chi connectivity index (χ1) is 10.8. The Morgan fingerprint density at radius 3 is 2.86 bits per heavy atom. The van der Waals surface area contributed by atoms with Gasteiger partial charge in [-0.05, 0) is 49.8 Å². The molecule has 1 aliphatic carbocycles. The first kappa shape index (κ1) is 15.1. The van der Waals surface area contributed by atoms with E-state index in [1.165, 1.54) is 31.4 Å². The highest BCUT2D eigenvalue weighted by Gasteiger charge is 2.28. The minimum absolute atomic E-state index is 0.0491. The summed E-state index contributed by atoms with van der Waals surface area (Å²) in [7, 11) is 0. The molecule has 1 unspecified atom stereocenters. The number of esters is 1. The van der Waals surface area contributed by atoms with Crippen LogP contribution in [0.5, 0.6) is 0 Å². The maximum atomic E-state index is 12.2. The van der Waals surface area contributed by atoms with Gasteiger partial charge in [-0.2, -0.15) is 0 Å². The van der Waals surface area contributed by atoms with E-state index in [9.17, 15) is 4.79 Å². The van der Waals surface area contributed by atoms with Crippen LogP contribution >= 0.6 is 0 Å². The number of ether oxygens (including phenoxy) is 1. The van der Waals surface area contributed by atoms with Gasteiger partial charge in [0.15, 0.2) is 0 Å². The zero-order valence-corrected chi connectivity index (χ0v) is 13.4. The molecule has 0 bridgehead atoms. The maximum Gasteiger partial charge on any atom is 0.338 e. The van der Waals surface area contributed by atoms with Gasteiger partial charge >= 0.3 is 5.97 Å². The molecule has 3 rings (SSSR count). The third-order valence-electron chi connectivity index (χ3n) is 4.65. The molecule has 0 fully saturated rings. The Balaban J connectivity index is 1.64. The van der Waals surface area contributed by atoms with Crippen LogP contribution in [0.2, 0.25) is 0 Å². The molecule has 3 nitrogen and oxygen atoms in total. The summed E-state index contributed by atoms with van der Waals surface area (Å²) in [6, 6.07) is 9.31. The predicted molar refractivity (Wildman–Crippen MR) is 87.6 cm³/mol. The fraction of sp³-hybridized carbons (Fsp3) is 0.526. The second kappa shape index (κ2) is 6.99. The van der Waals surface area contributed by atoms with Crippen LogP contribution in [0.4, 0.5) is 0 Å². The molecule has 3 heteroatoms. The van der Waals surface area contributed by atoms with Crippen LogP contribution in [0.1, 0.15) is 55.8 Å². The van der Waals surface area contributed by atoms with E-state index in [4.69, 9.17) is 4.74 Å². The molecule has 0 spiro atoms. The number of carbonyl (C=O) groups is 1. The maximum absolute atomic E-state index is 12.2. The Morgan fingerprint density at radius 2 is 2.09 bits per heavy atom. The summed E-state index contributed by atoms with van der Waals surface area (Å²) in [5, 5.41) is 0. The summed E-state index contributed by atoms with van der Waals surface area (Å²) in [5.74, 6) is -0.184. The Kier molecular flexibility index (Phi) is 4.81. The number of benzene rings is 1. The number of hydrogen-bond acceptors (Lipinski definition) is 3. The van der Waals surface area contributed by atoms with Gasteiger partial charge in [0.2, 0.25) is 0 Å². The van der Waals surface area contributed by atoms with Gasteiger partial charge in [0.25, 0.3) is 0 Å². The molecular weight excluding hydrogens is 274 g/mol. The number of nitrogens with zero attached hydrogens (tertiary/aromatic N) is 1.